The van der Waals surface area contributed by atoms with Gasteiger partial charge in [-0.15, -0.1) is 0 Å². The van der Waals surface area contributed by atoms with E-state index in [4.69, 9.17) is 4.74 Å². The van der Waals surface area contributed by atoms with E-state index >= 15 is 0 Å². The molecular formula is C43H63OPSe. The predicted molar refractivity (Wildman–Crippen MR) is 202 cm³/mol. The van der Waals surface area contributed by atoms with Crippen LogP contribution in [0.15, 0.2) is 72.3 Å². The van der Waals surface area contributed by atoms with Crippen molar-refractivity contribution in [2.24, 2.45) is 46.3 Å². The second kappa shape index (κ2) is 14.5. The minimum absolute atomic E-state index is 0.390. The van der Waals surface area contributed by atoms with Crippen molar-refractivity contribution < 1.29 is 4.74 Å². The smallest absolute Gasteiger partial charge is 0.0591 e. The second-order valence-corrected chi connectivity index (χ2v) is 23.8. The van der Waals surface area contributed by atoms with Gasteiger partial charge in [0.05, 0.1) is 0 Å². The number of rotatable bonds is 12. The number of fused-ring (bicyclic) bond motifs is 5. The quantitative estimate of drug-likeness (QED) is 0.121. The van der Waals surface area contributed by atoms with E-state index in [1.54, 1.807) is 5.57 Å². The Morgan fingerprint density at radius 3 is 2.13 bits per heavy atom. The number of ether oxygens (including phenoxy) is 1. The molecule has 2 aromatic rings. The van der Waals surface area contributed by atoms with Crippen LogP contribution in [0.2, 0.25) is 0 Å². The van der Waals surface area contributed by atoms with Gasteiger partial charge in [-0.25, -0.2) is 0 Å². The first-order chi connectivity index (χ1) is 22.1. The third kappa shape index (κ3) is 6.66. The van der Waals surface area contributed by atoms with Crippen LogP contribution in [0.4, 0.5) is 0 Å². The summed E-state index contributed by atoms with van der Waals surface area (Å²) in [5.41, 5.74) is 1.63. The molecule has 0 aliphatic heterocycles. The number of hydrogen-bond donors (Lipinski definition) is 0. The van der Waals surface area contributed by atoms with Gasteiger partial charge >= 0.3 is 209 Å². The van der Waals surface area contributed by atoms with Crippen molar-refractivity contribution in [3.05, 3.63) is 72.3 Å². The van der Waals surface area contributed by atoms with Crippen LogP contribution in [0.5, 0.6) is 0 Å². The molecule has 0 bridgehead atoms. The maximum absolute atomic E-state index is 6.79. The van der Waals surface area contributed by atoms with E-state index in [2.05, 4.69) is 123 Å². The molecule has 0 radical (unpaired) electrons. The first-order valence-corrected chi connectivity index (χ1v) is 23.2. The molecule has 46 heavy (non-hydrogen) atoms. The Balaban J connectivity index is 1.07. The zero-order valence-electron chi connectivity index (χ0n) is 29.9. The first-order valence-electron chi connectivity index (χ1n) is 19.1. The Morgan fingerprint density at radius 2 is 1.48 bits per heavy atom. The molecule has 6 rings (SSSR count). The molecule has 4 aliphatic carbocycles. The van der Waals surface area contributed by atoms with Crippen molar-refractivity contribution in [1.29, 1.82) is 0 Å². The van der Waals surface area contributed by atoms with E-state index in [0.29, 0.717) is 22.6 Å². The van der Waals surface area contributed by atoms with Crippen molar-refractivity contribution in [1.82, 2.24) is 0 Å². The summed E-state index contributed by atoms with van der Waals surface area (Å²) in [4.78, 5) is 0. The molecule has 252 valence electrons. The van der Waals surface area contributed by atoms with Crippen molar-refractivity contribution >= 4 is 31.2 Å². The molecule has 0 aromatic heterocycles. The predicted octanol–water partition coefficient (Wildman–Crippen LogP) is 10.9. The average molecular weight is 706 g/mol. The van der Waals surface area contributed by atoms with Crippen LogP contribution in [0, 0.1) is 46.3 Å². The average Bonchev–Trinajstić information content (AvgIpc) is 3.42. The van der Waals surface area contributed by atoms with Gasteiger partial charge in [0.25, 0.3) is 0 Å². The van der Waals surface area contributed by atoms with Gasteiger partial charge in [-0.1, -0.05) is 47.0 Å². The van der Waals surface area contributed by atoms with Gasteiger partial charge in [-0.05, 0) is 36.0 Å². The Kier molecular flexibility index (Phi) is 11.0. The molecule has 1 nitrogen and oxygen atoms in total. The van der Waals surface area contributed by atoms with Crippen LogP contribution in [-0.4, -0.2) is 33.5 Å². The third-order valence-corrected chi connectivity index (χ3v) is 22.6. The SMILES string of the molecule is CC(C)CCCC(C)C1CC[C@H]2[C@@H]3CC=C4C[C@@H](OCCC(C)P(=[Se])(c5ccccc5)c5ccccc5)CC[C@]4(C)[C@H]3CC[C@]12C. The van der Waals surface area contributed by atoms with Crippen molar-refractivity contribution in [3.8, 4) is 0 Å². The number of benzene rings is 2. The van der Waals surface area contributed by atoms with E-state index in [-0.39, 0.29) is 0 Å². The molecule has 0 saturated heterocycles. The monoisotopic (exact) mass is 706 g/mol. The van der Waals surface area contributed by atoms with Crippen LogP contribution in [0.1, 0.15) is 119 Å². The molecule has 0 heterocycles. The van der Waals surface area contributed by atoms with Crippen molar-refractivity contribution in [2.45, 2.75) is 130 Å². The van der Waals surface area contributed by atoms with Crippen LogP contribution >= 0.6 is 5.51 Å². The molecule has 9 atom stereocenters. The standard InChI is InChI=1S/C43H63OPSe/c1-31(2)14-13-15-32(3)39-22-23-40-38-21-20-34-30-35(24-27-42(34,5)41(38)25-28-43(39,40)6)44-29-26-33(4)45(46,36-16-9-7-10-17-36)37-18-11-8-12-19-37/h7-12,16-20,31-33,35,38-41H,13-15,21-30H2,1-6H3/t32?,33?,35-,38-,39?,40-,41-,42-,43+/m0/s1. The molecule has 3 fully saturated rings. The van der Waals surface area contributed by atoms with Gasteiger partial charge in [0.1, 0.15) is 0 Å². The van der Waals surface area contributed by atoms with E-state index in [1.807, 2.05) is 0 Å². The molecule has 2 aromatic carbocycles. The molecular weight excluding hydrogens is 642 g/mol. The van der Waals surface area contributed by atoms with Crippen LogP contribution in [0.3, 0.4) is 0 Å². The van der Waals surface area contributed by atoms with E-state index < -0.39 is 5.51 Å². The van der Waals surface area contributed by atoms with Gasteiger partial charge < -0.3 is 0 Å². The van der Waals surface area contributed by atoms with Crippen LogP contribution in [-0.2, 0) is 4.74 Å². The summed E-state index contributed by atoms with van der Waals surface area (Å²) < 4.78 is 6.79. The van der Waals surface area contributed by atoms with Gasteiger partial charge in [0.15, 0.2) is 0 Å². The minimum Gasteiger partial charge on any atom is -0.0591 e. The zero-order valence-corrected chi connectivity index (χ0v) is 32.5. The fraction of sp³-hybridized carbons (Fsp3) is 0.674. The van der Waals surface area contributed by atoms with Gasteiger partial charge in [0.2, 0.25) is 0 Å². The number of hydrogen-bond acceptors (Lipinski definition) is 1. The summed E-state index contributed by atoms with van der Waals surface area (Å²) in [5, 5.41) is 2.92. The molecule has 0 amide bonds. The fourth-order valence-electron chi connectivity index (χ4n) is 11.3. The van der Waals surface area contributed by atoms with Gasteiger partial charge in [0, 0.05) is 0 Å². The first kappa shape index (κ1) is 34.9. The van der Waals surface area contributed by atoms with Crippen molar-refractivity contribution in [3.63, 3.8) is 0 Å². The fourth-order valence-corrected chi connectivity index (χ4v) is 16.5. The van der Waals surface area contributed by atoms with E-state index in [1.165, 1.54) is 81.2 Å². The Bertz CT molecular complexity index is 1320. The van der Waals surface area contributed by atoms with Crippen LogP contribution < -0.4 is 10.6 Å². The summed E-state index contributed by atoms with van der Waals surface area (Å²) >= 11 is 3.77. The molecule has 3 saturated carbocycles. The zero-order chi connectivity index (χ0) is 32.5. The summed E-state index contributed by atoms with van der Waals surface area (Å²) in [7, 11) is 0. The third-order valence-electron chi connectivity index (χ3n) is 14.0. The van der Waals surface area contributed by atoms with Crippen LogP contribution in [0.25, 0.3) is 0 Å². The van der Waals surface area contributed by atoms with Crippen molar-refractivity contribution in [2.75, 3.05) is 6.61 Å². The summed E-state index contributed by atoms with van der Waals surface area (Å²) in [5.74, 6) is 5.42. The summed E-state index contributed by atoms with van der Waals surface area (Å²) in [6, 6.07) is 22.4. The summed E-state index contributed by atoms with van der Waals surface area (Å²) in [6.07, 6.45) is 19.5. The van der Waals surface area contributed by atoms with Gasteiger partial charge in [-0.3, -0.25) is 0 Å². The van der Waals surface area contributed by atoms with E-state index in [0.717, 1.165) is 48.5 Å². The normalized spacial score (nSPS) is 33.9. The number of allylic oxidation sites excluding steroid dienone is 1. The molecule has 3 heteroatoms. The minimum atomic E-state index is -1.64. The Labute approximate surface area is 290 Å². The Morgan fingerprint density at radius 1 is 0.804 bits per heavy atom. The molecule has 4 aliphatic rings. The molecule has 0 spiro atoms. The maximum atomic E-state index is 6.79. The second-order valence-electron chi connectivity index (χ2n) is 17.0. The molecule has 3 unspecified atom stereocenters. The van der Waals surface area contributed by atoms with Gasteiger partial charge in [-0.2, -0.15) is 0 Å². The van der Waals surface area contributed by atoms with E-state index in [9.17, 15) is 0 Å². The molecule has 0 N–H and O–H groups in total. The summed E-state index contributed by atoms with van der Waals surface area (Å²) in [6.45, 7) is 16.1. The topological polar surface area (TPSA) is 9.23 Å². The Hall–Kier alpha value is -0.911.